The average molecular weight is 313 g/mol. The van der Waals surface area contributed by atoms with Crippen LogP contribution < -0.4 is 4.74 Å². The topological polar surface area (TPSA) is 58.2 Å². The van der Waals surface area contributed by atoms with E-state index in [4.69, 9.17) is 4.74 Å². The Labute approximate surface area is 136 Å². The molecule has 0 saturated carbocycles. The number of H-pyrrole nitrogens is 1. The third-order valence-electron chi connectivity index (χ3n) is 4.34. The predicted octanol–water partition coefficient (Wildman–Crippen LogP) is 2.76. The summed E-state index contributed by atoms with van der Waals surface area (Å²) in [6.07, 6.45) is 6.06. The summed E-state index contributed by atoms with van der Waals surface area (Å²) in [7, 11) is 0. The minimum absolute atomic E-state index is 0.201. The predicted molar refractivity (Wildman–Crippen MR) is 88.5 cm³/mol. The monoisotopic (exact) mass is 313 g/mol. The first kappa shape index (κ1) is 15.6. The van der Waals surface area contributed by atoms with Crippen molar-refractivity contribution in [2.45, 2.75) is 32.1 Å². The van der Waals surface area contributed by atoms with Gasteiger partial charge in [-0.3, -0.25) is 4.79 Å². The highest BCUT2D eigenvalue weighted by Gasteiger charge is 2.24. The molecule has 1 N–H and O–H groups in total. The molecule has 2 heterocycles. The van der Waals surface area contributed by atoms with E-state index in [0.717, 1.165) is 43.1 Å². The van der Waals surface area contributed by atoms with E-state index in [1.54, 1.807) is 6.20 Å². The molecule has 1 aliphatic rings. The van der Waals surface area contributed by atoms with E-state index in [-0.39, 0.29) is 5.91 Å². The minimum atomic E-state index is 0.201. The summed E-state index contributed by atoms with van der Waals surface area (Å²) in [5, 5.41) is 0. The third-order valence-corrected chi connectivity index (χ3v) is 4.34. The molecule has 5 nitrogen and oxygen atoms in total. The molecule has 1 aromatic carbocycles. The Morgan fingerprint density at radius 1 is 1.30 bits per heavy atom. The van der Waals surface area contributed by atoms with Crippen molar-refractivity contribution in [2.75, 3.05) is 19.7 Å². The van der Waals surface area contributed by atoms with Crippen LogP contribution in [0.15, 0.2) is 36.7 Å². The molecule has 1 aromatic heterocycles. The maximum absolute atomic E-state index is 12.4. The number of nitrogens with one attached hydrogen (secondary N) is 1. The van der Waals surface area contributed by atoms with Gasteiger partial charge in [-0.05, 0) is 37.5 Å². The minimum Gasteiger partial charge on any atom is -0.494 e. The lowest BCUT2D eigenvalue weighted by atomic mass is 9.95. The fraction of sp³-hybridized carbons (Fsp3) is 0.444. The third kappa shape index (κ3) is 3.92. The SMILES string of the molecule is CCOc1ccc(CC(=O)N2CCC(c3ncc[nH]3)CC2)cc1. The Morgan fingerprint density at radius 2 is 2.04 bits per heavy atom. The molecular formula is C18H23N3O2. The Balaban J connectivity index is 1.51. The first-order valence-corrected chi connectivity index (χ1v) is 8.25. The van der Waals surface area contributed by atoms with Crippen molar-refractivity contribution in [3.05, 3.63) is 48.0 Å². The quantitative estimate of drug-likeness (QED) is 0.923. The zero-order chi connectivity index (χ0) is 16.1. The van der Waals surface area contributed by atoms with Gasteiger partial charge in [-0.15, -0.1) is 0 Å². The number of likely N-dealkylation sites (tertiary alicyclic amines) is 1. The molecule has 2 aromatic rings. The summed E-state index contributed by atoms with van der Waals surface area (Å²) in [6.45, 7) is 4.23. The van der Waals surface area contributed by atoms with Crippen molar-refractivity contribution in [3.8, 4) is 5.75 Å². The maximum atomic E-state index is 12.4. The van der Waals surface area contributed by atoms with Crippen molar-refractivity contribution < 1.29 is 9.53 Å². The van der Waals surface area contributed by atoms with Crippen molar-refractivity contribution in [1.29, 1.82) is 0 Å². The number of aromatic amines is 1. The molecule has 1 aliphatic heterocycles. The zero-order valence-corrected chi connectivity index (χ0v) is 13.5. The van der Waals surface area contributed by atoms with Gasteiger partial charge in [0.05, 0.1) is 13.0 Å². The van der Waals surface area contributed by atoms with E-state index in [1.807, 2.05) is 42.3 Å². The second-order valence-electron chi connectivity index (χ2n) is 5.88. The molecule has 0 unspecified atom stereocenters. The standard InChI is InChI=1S/C18H23N3O2/c1-2-23-16-5-3-14(4-6-16)13-17(22)21-11-7-15(8-12-21)18-19-9-10-20-18/h3-6,9-10,15H,2,7-8,11-13H2,1H3,(H,19,20). The number of hydrogen-bond donors (Lipinski definition) is 1. The van der Waals surface area contributed by atoms with Gasteiger partial charge in [0.2, 0.25) is 5.91 Å². The molecule has 1 fully saturated rings. The number of nitrogens with zero attached hydrogens (tertiary/aromatic N) is 2. The molecule has 0 bridgehead atoms. The molecule has 122 valence electrons. The van der Waals surface area contributed by atoms with Crippen LogP contribution in [0, 0.1) is 0 Å². The number of amides is 1. The Morgan fingerprint density at radius 3 is 2.65 bits per heavy atom. The van der Waals surface area contributed by atoms with Crippen LogP contribution in [0.3, 0.4) is 0 Å². The number of rotatable bonds is 5. The molecular weight excluding hydrogens is 290 g/mol. The van der Waals surface area contributed by atoms with E-state index in [0.29, 0.717) is 18.9 Å². The van der Waals surface area contributed by atoms with Crippen LogP contribution in [-0.4, -0.2) is 40.5 Å². The summed E-state index contributed by atoms with van der Waals surface area (Å²) in [5.41, 5.74) is 1.03. The fourth-order valence-electron chi connectivity index (χ4n) is 3.06. The van der Waals surface area contributed by atoms with Crippen LogP contribution in [0.1, 0.15) is 37.1 Å². The molecule has 3 rings (SSSR count). The zero-order valence-electron chi connectivity index (χ0n) is 13.5. The van der Waals surface area contributed by atoms with Crippen molar-refractivity contribution >= 4 is 5.91 Å². The molecule has 23 heavy (non-hydrogen) atoms. The lowest BCUT2D eigenvalue weighted by Crippen LogP contribution is -2.38. The Hall–Kier alpha value is -2.30. The number of imidazole rings is 1. The van der Waals surface area contributed by atoms with Crippen LogP contribution in [0.25, 0.3) is 0 Å². The molecule has 5 heteroatoms. The highest BCUT2D eigenvalue weighted by Crippen LogP contribution is 2.25. The summed E-state index contributed by atoms with van der Waals surface area (Å²) in [5.74, 6) is 2.54. The first-order valence-electron chi connectivity index (χ1n) is 8.25. The Bertz CT molecular complexity index is 614. The maximum Gasteiger partial charge on any atom is 0.226 e. The number of aromatic nitrogens is 2. The van der Waals surface area contributed by atoms with Crippen LogP contribution in [0.4, 0.5) is 0 Å². The van der Waals surface area contributed by atoms with Crippen LogP contribution in [0.2, 0.25) is 0 Å². The van der Waals surface area contributed by atoms with Crippen molar-refractivity contribution in [2.24, 2.45) is 0 Å². The van der Waals surface area contributed by atoms with E-state index in [9.17, 15) is 4.79 Å². The average Bonchev–Trinajstić information content (AvgIpc) is 3.11. The first-order chi connectivity index (χ1) is 11.3. The van der Waals surface area contributed by atoms with E-state index < -0.39 is 0 Å². The van der Waals surface area contributed by atoms with Gasteiger partial charge in [0.1, 0.15) is 11.6 Å². The van der Waals surface area contributed by atoms with Crippen LogP contribution in [-0.2, 0) is 11.2 Å². The second kappa shape index (κ2) is 7.31. The number of carbonyl (C=O) groups is 1. The second-order valence-corrected chi connectivity index (χ2v) is 5.88. The molecule has 0 radical (unpaired) electrons. The number of ether oxygens (including phenoxy) is 1. The molecule has 1 amide bonds. The van der Waals surface area contributed by atoms with Crippen LogP contribution >= 0.6 is 0 Å². The Kier molecular flexibility index (Phi) is 4.95. The summed E-state index contributed by atoms with van der Waals surface area (Å²) in [4.78, 5) is 21.9. The molecule has 0 aliphatic carbocycles. The van der Waals surface area contributed by atoms with E-state index >= 15 is 0 Å². The lowest BCUT2D eigenvalue weighted by molar-refractivity contribution is -0.131. The van der Waals surface area contributed by atoms with Gasteiger partial charge in [0, 0.05) is 31.4 Å². The van der Waals surface area contributed by atoms with Crippen molar-refractivity contribution in [1.82, 2.24) is 14.9 Å². The van der Waals surface area contributed by atoms with Gasteiger partial charge >= 0.3 is 0 Å². The molecule has 1 saturated heterocycles. The van der Waals surface area contributed by atoms with E-state index in [2.05, 4.69) is 9.97 Å². The summed E-state index contributed by atoms with van der Waals surface area (Å²) in [6, 6.07) is 7.79. The van der Waals surface area contributed by atoms with Gasteiger partial charge in [-0.2, -0.15) is 0 Å². The van der Waals surface area contributed by atoms with Gasteiger partial charge in [0.25, 0.3) is 0 Å². The molecule has 0 atom stereocenters. The number of benzene rings is 1. The smallest absolute Gasteiger partial charge is 0.226 e. The highest BCUT2D eigenvalue weighted by molar-refractivity contribution is 5.78. The number of piperidine rings is 1. The van der Waals surface area contributed by atoms with Gasteiger partial charge in [-0.25, -0.2) is 4.98 Å². The van der Waals surface area contributed by atoms with Gasteiger partial charge in [0.15, 0.2) is 0 Å². The highest BCUT2D eigenvalue weighted by atomic mass is 16.5. The summed E-state index contributed by atoms with van der Waals surface area (Å²) < 4.78 is 5.43. The normalized spacial score (nSPS) is 15.6. The van der Waals surface area contributed by atoms with E-state index in [1.165, 1.54) is 0 Å². The van der Waals surface area contributed by atoms with Gasteiger partial charge in [-0.1, -0.05) is 12.1 Å². The largest absolute Gasteiger partial charge is 0.494 e. The van der Waals surface area contributed by atoms with Crippen LogP contribution in [0.5, 0.6) is 5.75 Å². The van der Waals surface area contributed by atoms with Gasteiger partial charge < -0.3 is 14.6 Å². The fourth-order valence-corrected chi connectivity index (χ4v) is 3.06. The number of carbonyl (C=O) groups excluding carboxylic acids is 1. The molecule has 0 spiro atoms. The number of hydrogen-bond acceptors (Lipinski definition) is 3. The summed E-state index contributed by atoms with van der Waals surface area (Å²) >= 11 is 0. The lowest BCUT2D eigenvalue weighted by Gasteiger charge is -2.31. The van der Waals surface area contributed by atoms with Crippen molar-refractivity contribution in [3.63, 3.8) is 0 Å².